The van der Waals surface area contributed by atoms with Gasteiger partial charge in [-0.05, 0) is 43.7 Å². The van der Waals surface area contributed by atoms with Gasteiger partial charge in [0, 0.05) is 12.2 Å². The Kier molecular flexibility index (Phi) is 9.58. The van der Waals surface area contributed by atoms with Gasteiger partial charge in [0.15, 0.2) is 0 Å². The van der Waals surface area contributed by atoms with Crippen LogP contribution in [0.2, 0.25) is 0 Å². The van der Waals surface area contributed by atoms with Crippen molar-refractivity contribution >= 4 is 22.2 Å². The van der Waals surface area contributed by atoms with Crippen molar-refractivity contribution in [3.8, 4) is 0 Å². The van der Waals surface area contributed by atoms with E-state index in [0.29, 0.717) is 23.4 Å². The molecule has 186 valence electrons. The maximum Gasteiger partial charge on any atom is 0.297 e. The Balaban J connectivity index is 1.16. The summed E-state index contributed by atoms with van der Waals surface area (Å²) in [5.74, 6) is 0. The second-order valence-electron chi connectivity index (χ2n) is 10.3. The Bertz CT molecular complexity index is 1100. The lowest BCUT2D eigenvalue weighted by Gasteiger charge is -2.13. The van der Waals surface area contributed by atoms with E-state index in [2.05, 4.69) is 18.0 Å². The van der Waals surface area contributed by atoms with Crippen LogP contribution >= 0.6 is 0 Å². The molecule has 5 heteroatoms. The van der Waals surface area contributed by atoms with Crippen LogP contribution in [0.5, 0.6) is 0 Å². The number of unbranched alkanes of at least 4 members (excludes halogenated alkanes) is 13. The monoisotopic (exact) mass is 465 g/mol. The van der Waals surface area contributed by atoms with Gasteiger partial charge in [-0.25, -0.2) is 9.97 Å². The lowest BCUT2D eigenvalue weighted by atomic mass is 9.95. The van der Waals surface area contributed by atoms with Crippen LogP contribution in [0.3, 0.4) is 0 Å². The first kappa shape index (κ1) is 24.9. The summed E-state index contributed by atoms with van der Waals surface area (Å²) in [4.78, 5) is 22.3. The van der Waals surface area contributed by atoms with Gasteiger partial charge in [0.2, 0.25) is 11.3 Å². The second-order valence-corrected chi connectivity index (χ2v) is 10.3. The molecule has 0 N–H and O–H groups in total. The van der Waals surface area contributed by atoms with Crippen molar-refractivity contribution in [1.82, 2.24) is 14.5 Å². The number of pyridine rings is 1. The number of hydrogen-bond acceptors (Lipinski definition) is 4. The molecule has 0 atom stereocenters. The van der Waals surface area contributed by atoms with Crippen LogP contribution in [-0.2, 0) is 19.4 Å². The molecule has 0 bridgehead atoms. The summed E-state index contributed by atoms with van der Waals surface area (Å²) in [6.07, 6.45) is 24.8. The predicted molar refractivity (Wildman–Crippen MR) is 141 cm³/mol. The zero-order chi connectivity index (χ0) is 23.6. The highest BCUT2D eigenvalue weighted by Crippen LogP contribution is 2.29. The second kappa shape index (κ2) is 13.1. The van der Waals surface area contributed by atoms with Crippen molar-refractivity contribution in [3.63, 3.8) is 0 Å². The van der Waals surface area contributed by atoms with E-state index >= 15 is 0 Å². The van der Waals surface area contributed by atoms with Crippen molar-refractivity contribution in [3.05, 3.63) is 34.0 Å². The molecule has 0 fully saturated rings. The lowest BCUT2D eigenvalue weighted by molar-refractivity contribution is 0.518. The average molecular weight is 466 g/mol. The first-order valence-corrected chi connectivity index (χ1v) is 14.1. The number of aryl methyl sites for hydroxylation is 3. The third kappa shape index (κ3) is 6.49. The topological polar surface area (TPSA) is 60.9 Å². The quantitative estimate of drug-likeness (QED) is 0.214. The molecule has 3 aromatic heterocycles. The standard InChI is InChI=1S/C29H43N3O2/c1-2-3-4-5-6-7-8-9-10-11-12-13-14-17-20-32-22-30-26-24-21-23-18-15-16-19-25(23)31-28(24)34-27(26)29(32)33/h21-22H,2-20H2,1H3. The van der Waals surface area contributed by atoms with E-state index in [1.165, 1.54) is 95.5 Å². The number of nitrogens with zero attached hydrogens (tertiary/aromatic N) is 3. The normalized spacial score (nSPS) is 13.7. The van der Waals surface area contributed by atoms with Crippen molar-refractivity contribution in [2.45, 2.75) is 129 Å². The van der Waals surface area contributed by atoms with Crippen LogP contribution in [0.25, 0.3) is 22.2 Å². The molecule has 0 aromatic carbocycles. The molecule has 0 saturated carbocycles. The molecule has 34 heavy (non-hydrogen) atoms. The Morgan fingerprint density at radius 1 is 0.853 bits per heavy atom. The summed E-state index contributed by atoms with van der Waals surface area (Å²) in [5, 5.41) is 0.886. The number of rotatable bonds is 15. The third-order valence-corrected chi connectivity index (χ3v) is 7.47. The largest absolute Gasteiger partial charge is 0.430 e. The van der Waals surface area contributed by atoms with Gasteiger partial charge in [-0.1, -0.05) is 90.4 Å². The molecule has 0 aliphatic heterocycles. The fourth-order valence-corrected chi connectivity index (χ4v) is 5.35. The zero-order valence-electron chi connectivity index (χ0n) is 21.2. The molecular formula is C29H43N3O2. The fraction of sp³-hybridized carbons (Fsp3) is 0.690. The van der Waals surface area contributed by atoms with Crippen LogP contribution in [0, 0.1) is 0 Å². The zero-order valence-corrected chi connectivity index (χ0v) is 21.2. The summed E-state index contributed by atoms with van der Waals surface area (Å²) in [6, 6.07) is 2.15. The van der Waals surface area contributed by atoms with Crippen LogP contribution in [0.4, 0.5) is 0 Å². The maximum atomic E-state index is 13.0. The maximum absolute atomic E-state index is 13.0. The van der Waals surface area contributed by atoms with Crippen LogP contribution < -0.4 is 5.56 Å². The third-order valence-electron chi connectivity index (χ3n) is 7.47. The van der Waals surface area contributed by atoms with Crippen LogP contribution in [-0.4, -0.2) is 14.5 Å². The van der Waals surface area contributed by atoms with Crippen molar-refractivity contribution in [2.75, 3.05) is 0 Å². The summed E-state index contributed by atoms with van der Waals surface area (Å²) < 4.78 is 7.62. The minimum absolute atomic E-state index is 0.0735. The molecule has 4 rings (SSSR count). The molecule has 3 aromatic rings. The average Bonchev–Trinajstić information content (AvgIpc) is 3.22. The van der Waals surface area contributed by atoms with E-state index < -0.39 is 0 Å². The molecule has 1 aliphatic carbocycles. The highest BCUT2D eigenvalue weighted by atomic mass is 16.3. The van der Waals surface area contributed by atoms with Gasteiger partial charge in [-0.3, -0.25) is 9.36 Å². The smallest absolute Gasteiger partial charge is 0.297 e. The fourth-order valence-electron chi connectivity index (χ4n) is 5.35. The Morgan fingerprint density at radius 2 is 1.47 bits per heavy atom. The molecule has 0 saturated heterocycles. The summed E-state index contributed by atoms with van der Waals surface area (Å²) >= 11 is 0. The first-order chi connectivity index (χ1) is 16.8. The van der Waals surface area contributed by atoms with Gasteiger partial charge >= 0.3 is 0 Å². The molecule has 3 heterocycles. The molecule has 0 unspecified atom stereocenters. The van der Waals surface area contributed by atoms with Gasteiger partial charge in [0.05, 0.1) is 11.7 Å². The molecule has 1 aliphatic rings. The van der Waals surface area contributed by atoms with Gasteiger partial charge in [-0.15, -0.1) is 0 Å². The Labute approximate surface area is 204 Å². The minimum atomic E-state index is -0.0735. The van der Waals surface area contributed by atoms with E-state index in [0.717, 1.165) is 36.8 Å². The summed E-state index contributed by atoms with van der Waals surface area (Å²) in [5.41, 5.74) is 3.93. The Hall–Kier alpha value is -2.17. The van der Waals surface area contributed by atoms with Gasteiger partial charge in [-0.2, -0.15) is 0 Å². The van der Waals surface area contributed by atoms with Crippen LogP contribution in [0.15, 0.2) is 21.6 Å². The highest BCUT2D eigenvalue weighted by Gasteiger charge is 2.18. The first-order valence-electron chi connectivity index (χ1n) is 14.1. The van der Waals surface area contributed by atoms with Gasteiger partial charge < -0.3 is 4.42 Å². The predicted octanol–water partition coefficient (Wildman–Crippen LogP) is 7.90. The van der Waals surface area contributed by atoms with E-state index in [-0.39, 0.29) is 5.56 Å². The summed E-state index contributed by atoms with van der Waals surface area (Å²) in [7, 11) is 0. The number of fused-ring (bicyclic) bond motifs is 4. The summed E-state index contributed by atoms with van der Waals surface area (Å²) in [6.45, 7) is 2.99. The Morgan fingerprint density at radius 3 is 2.15 bits per heavy atom. The van der Waals surface area contributed by atoms with E-state index in [4.69, 9.17) is 9.40 Å². The number of hydrogen-bond donors (Lipinski definition) is 0. The lowest BCUT2D eigenvalue weighted by Crippen LogP contribution is -2.20. The molecule has 0 radical (unpaired) electrons. The van der Waals surface area contributed by atoms with Crippen LogP contribution in [0.1, 0.15) is 121 Å². The SMILES string of the molecule is CCCCCCCCCCCCCCCCn1cnc2c(oc3nc4c(cc32)CCCC4)c1=O. The molecule has 5 nitrogen and oxygen atoms in total. The highest BCUT2D eigenvalue weighted by molar-refractivity contribution is 6.00. The van der Waals surface area contributed by atoms with Crippen molar-refractivity contribution < 1.29 is 4.42 Å². The van der Waals surface area contributed by atoms with Crippen molar-refractivity contribution in [1.29, 1.82) is 0 Å². The molecule has 0 spiro atoms. The van der Waals surface area contributed by atoms with E-state index in [9.17, 15) is 4.79 Å². The minimum Gasteiger partial charge on any atom is -0.430 e. The van der Waals surface area contributed by atoms with E-state index in [1.54, 1.807) is 10.9 Å². The van der Waals surface area contributed by atoms with Gasteiger partial charge in [0.1, 0.15) is 5.52 Å². The molecular weight excluding hydrogens is 422 g/mol. The van der Waals surface area contributed by atoms with E-state index in [1.807, 2.05) is 0 Å². The molecule has 0 amide bonds. The number of aromatic nitrogens is 3. The van der Waals surface area contributed by atoms with Crippen molar-refractivity contribution in [2.24, 2.45) is 0 Å². The van der Waals surface area contributed by atoms with Gasteiger partial charge in [0.25, 0.3) is 5.56 Å². The number of furan rings is 1.